The minimum absolute atomic E-state index is 0.0791. The Morgan fingerprint density at radius 3 is 2.24 bits per heavy atom. The molecule has 0 spiro atoms. The van der Waals surface area contributed by atoms with Gasteiger partial charge in [0.15, 0.2) is 0 Å². The predicted octanol–water partition coefficient (Wildman–Crippen LogP) is 4.85. The van der Waals surface area contributed by atoms with E-state index in [1.807, 2.05) is 49.4 Å². The maximum atomic E-state index is 13.2. The van der Waals surface area contributed by atoms with E-state index in [0.717, 1.165) is 5.56 Å². The molecule has 1 atom stereocenters. The smallest absolute Gasteiger partial charge is 0.247 e. The van der Waals surface area contributed by atoms with Crippen LogP contribution >= 0.6 is 0 Å². The van der Waals surface area contributed by atoms with E-state index >= 15 is 0 Å². The first-order valence-corrected chi connectivity index (χ1v) is 13.7. The number of hydrogen-bond acceptors (Lipinski definition) is 6. The zero-order valence-corrected chi connectivity index (χ0v) is 20.5. The molecule has 180 valence electrons. The average molecular weight is 481 g/mol. The highest BCUT2D eigenvalue weighted by atomic mass is 32.2. The summed E-state index contributed by atoms with van der Waals surface area (Å²) >= 11 is 0. The van der Waals surface area contributed by atoms with E-state index in [4.69, 9.17) is 4.42 Å². The van der Waals surface area contributed by atoms with Crippen LogP contribution in [0.3, 0.4) is 0 Å². The SMILES string of the molecule is CC(c1nnc(-c2ccccc2)o1)N1CCN(S(=O)(=O)c2ccc(C3CCCCC3)cc2)CC1. The van der Waals surface area contributed by atoms with Gasteiger partial charge in [-0.1, -0.05) is 49.6 Å². The zero-order valence-electron chi connectivity index (χ0n) is 19.6. The third kappa shape index (κ3) is 4.80. The summed E-state index contributed by atoms with van der Waals surface area (Å²) in [5.74, 6) is 1.62. The summed E-state index contributed by atoms with van der Waals surface area (Å²) in [7, 11) is -3.50. The van der Waals surface area contributed by atoms with E-state index in [2.05, 4.69) is 15.1 Å². The lowest BCUT2D eigenvalue weighted by atomic mass is 9.84. The van der Waals surface area contributed by atoms with Crippen LogP contribution in [0.15, 0.2) is 63.9 Å². The highest BCUT2D eigenvalue weighted by Crippen LogP contribution is 2.33. The molecule has 34 heavy (non-hydrogen) atoms. The third-order valence-corrected chi connectivity index (χ3v) is 9.15. The molecule has 1 saturated heterocycles. The molecule has 2 fully saturated rings. The fourth-order valence-corrected chi connectivity index (χ4v) is 6.51. The second-order valence-electron chi connectivity index (χ2n) is 9.33. The molecule has 1 saturated carbocycles. The van der Waals surface area contributed by atoms with E-state index < -0.39 is 10.0 Å². The lowest BCUT2D eigenvalue weighted by Crippen LogP contribution is -2.49. The van der Waals surface area contributed by atoms with Crippen molar-refractivity contribution in [3.8, 4) is 11.5 Å². The Balaban J connectivity index is 1.21. The molecule has 0 amide bonds. The lowest BCUT2D eigenvalue weighted by molar-refractivity contribution is 0.129. The molecule has 0 bridgehead atoms. The standard InChI is InChI=1S/C26H32N4O3S/c1-20(25-27-28-26(33-25)23-10-6-3-7-11-23)29-16-18-30(19-17-29)34(31,32)24-14-12-22(13-15-24)21-8-4-2-5-9-21/h3,6-7,10-15,20-21H,2,4-5,8-9,16-19H2,1H3. The molecule has 1 aliphatic heterocycles. The maximum absolute atomic E-state index is 13.2. The summed E-state index contributed by atoms with van der Waals surface area (Å²) in [6, 6.07) is 17.2. The van der Waals surface area contributed by atoms with E-state index in [0.29, 0.717) is 48.8 Å². The van der Waals surface area contributed by atoms with Gasteiger partial charge >= 0.3 is 0 Å². The summed E-state index contributed by atoms with van der Waals surface area (Å²) in [5, 5.41) is 8.43. The molecule has 1 unspecified atom stereocenters. The Bertz CT molecular complexity index is 1180. The maximum Gasteiger partial charge on any atom is 0.247 e. The fourth-order valence-electron chi connectivity index (χ4n) is 5.09. The van der Waals surface area contributed by atoms with E-state index in [9.17, 15) is 8.42 Å². The van der Waals surface area contributed by atoms with Crippen LogP contribution in [0.1, 0.15) is 62.4 Å². The van der Waals surface area contributed by atoms with Crippen LogP contribution in [-0.2, 0) is 10.0 Å². The van der Waals surface area contributed by atoms with Crippen molar-refractivity contribution in [3.63, 3.8) is 0 Å². The Hall–Kier alpha value is -2.55. The van der Waals surface area contributed by atoms with Crippen LogP contribution in [0.4, 0.5) is 0 Å². The Morgan fingerprint density at radius 1 is 0.882 bits per heavy atom. The second-order valence-corrected chi connectivity index (χ2v) is 11.3. The molecule has 7 nitrogen and oxygen atoms in total. The first kappa shape index (κ1) is 23.2. The summed E-state index contributed by atoms with van der Waals surface area (Å²) < 4.78 is 34.0. The summed E-state index contributed by atoms with van der Waals surface area (Å²) in [6.45, 7) is 4.14. The number of benzene rings is 2. The first-order valence-electron chi connectivity index (χ1n) is 12.3. The topological polar surface area (TPSA) is 79.5 Å². The van der Waals surface area contributed by atoms with Crippen LogP contribution in [0.5, 0.6) is 0 Å². The van der Waals surface area contributed by atoms with Gasteiger partial charge in [0, 0.05) is 31.7 Å². The van der Waals surface area contributed by atoms with Gasteiger partial charge in [0.25, 0.3) is 0 Å². The van der Waals surface area contributed by atoms with Gasteiger partial charge in [0.1, 0.15) is 0 Å². The van der Waals surface area contributed by atoms with Gasteiger partial charge in [0.05, 0.1) is 10.9 Å². The minimum atomic E-state index is -3.50. The third-order valence-electron chi connectivity index (χ3n) is 7.23. The van der Waals surface area contributed by atoms with Gasteiger partial charge < -0.3 is 4.42 Å². The van der Waals surface area contributed by atoms with Crippen molar-refractivity contribution in [2.75, 3.05) is 26.2 Å². The van der Waals surface area contributed by atoms with Crippen molar-refractivity contribution >= 4 is 10.0 Å². The van der Waals surface area contributed by atoms with Crippen LogP contribution in [-0.4, -0.2) is 54.0 Å². The molecule has 1 aliphatic carbocycles. The van der Waals surface area contributed by atoms with Gasteiger partial charge in [-0.2, -0.15) is 4.31 Å². The second kappa shape index (κ2) is 9.98. The summed E-state index contributed by atoms with van der Waals surface area (Å²) in [6.07, 6.45) is 6.27. The van der Waals surface area contributed by atoms with Gasteiger partial charge in [-0.3, -0.25) is 4.90 Å². The van der Waals surface area contributed by atoms with Crippen molar-refractivity contribution in [3.05, 3.63) is 66.1 Å². The van der Waals surface area contributed by atoms with Crippen molar-refractivity contribution in [2.45, 2.75) is 55.9 Å². The Labute approximate surface area is 201 Å². The number of sulfonamides is 1. The number of aromatic nitrogens is 2. The molecule has 0 radical (unpaired) electrons. The first-order chi connectivity index (χ1) is 16.5. The van der Waals surface area contributed by atoms with E-state index in [1.165, 1.54) is 37.7 Å². The van der Waals surface area contributed by atoms with E-state index in [1.54, 1.807) is 16.4 Å². The zero-order chi connectivity index (χ0) is 23.5. The molecule has 0 N–H and O–H groups in total. The van der Waals surface area contributed by atoms with Crippen LogP contribution < -0.4 is 0 Å². The molecule has 5 rings (SSSR count). The van der Waals surface area contributed by atoms with Gasteiger partial charge in [-0.15, -0.1) is 10.2 Å². The quantitative estimate of drug-likeness (QED) is 0.502. The van der Waals surface area contributed by atoms with Crippen molar-refractivity contribution < 1.29 is 12.8 Å². The molecule has 2 aromatic carbocycles. The molecular weight excluding hydrogens is 448 g/mol. The van der Waals surface area contributed by atoms with Crippen molar-refractivity contribution in [2.24, 2.45) is 0 Å². The highest BCUT2D eigenvalue weighted by molar-refractivity contribution is 7.89. The van der Waals surface area contributed by atoms with Crippen LogP contribution in [0, 0.1) is 0 Å². The average Bonchev–Trinajstić information content (AvgIpc) is 3.40. The van der Waals surface area contributed by atoms with Crippen molar-refractivity contribution in [1.82, 2.24) is 19.4 Å². The fraction of sp³-hybridized carbons (Fsp3) is 0.462. The molecule has 2 heterocycles. The molecular formula is C26H32N4O3S. The Morgan fingerprint density at radius 2 is 1.56 bits per heavy atom. The number of rotatable bonds is 6. The monoisotopic (exact) mass is 480 g/mol. The lowest BCUT2D eigenvalue weighted by Gasteiger charge is -2.36. The normalized spacial score (nSPS) is 19.8. The van der Waals surface area contributed by atoms with Crippen molar-refractivity contribution in [1.29, 1.82) is 0 Å². The molecule has 3 aromatic rings. The highest BCUT2D eigenvalue weighted by Gasteiger charge is 2.32. The van der Waals surface area contributed by atoms with Gasteiger partial charge in [-0.05, 0) is 55.5 Å². The van der Waals surface area contributed by atoms with Crippen LogP contribution in [0.2, 0.25) is 0 Å². The van der Waals surface area contributed by atoms with Gasteiger partial charge in [0.2, 0.25) is 21.8 Å². The summed E-state index contributed by atoms with van der Waals surface area (Å²) in [5.41, 5.74) is 2.16. The summed E-state index contributed by atoms with van der Waals surface area (Å²) in [4.78, 5) is 2.58. The molecule has 8 heteroatoms. The van der Waals surface area contributed by atoms with Gasteiger partial charge in [-0.25, -0.2) is 8.42 Å². The van der Waals surface area contributed by atoms with Crippen LogP contribution in [0.25, 0.3) is 11.5 Å². The van der Waals surface area contributed by atoms with E-state index in [-0.39, 0.29) is 6.04 Å². The molecule has 1 aromatic heterocycles. The minimum Gasteiger partial charge on any atom is -0.419 e. The number of hydrogen-bond donors (Lipinski definition) is 0. The Kier molecular flexibility index (Phi) is 6.81. The molecule has 2 aliphatic rings. The predicted molar refractivity (Wildman–Crippen MR) is 131 cm³/mol. The number of nitrogens with zero attached hydrogens (tertiary/aromatic N) is 4. The number of piperazine rings is 1. The largest absolute Gasteiger partial charge is 0.419 e.